The molecule has 0 aromatic heterocycles. The molecule has 0 N–H and O–H groups in total. The topological polar surface area (TPSA) is 71.1 Å². The van der Waals surface area contributed by atoms with Gasteiger partial charge in [0.05, 0.1) is 25.0 Å². The number of ether oxygens (including phenoxy) is 4. The number of benzene rings is 2. The van der Waals surface area contributed by atoms with Crippen LogP contribution in [0, 0.1) is 11.8 Å². The van der Waals surface area contributed by atoms with Crippen LogP contribution in [-0.2, 0) is 9.59 Å². The predicted octanol–water partition coefficient (Wildman–Crippen LogP) is 6.36. The van der Waals surface area contributed by atoms with Crippen molar-refractivity contribution in [2.24, 2.45) is 11.8 Å². The zero-order valence-electron chi connectivity index (χ0n) is 20.3. The summed E-state index contributed by atoms with van der Waals surface area (Å²) in [6.07, 6.45) is 6.62. The zero-order chi connectivity index (χ0) is 24.2. The van der Waals surface area contributed by atoms with Crippen molar-refractivity contribution in [3.63, 3.8) is 0 Å². The average Bonchev–Trinajstić information content (AvgIpc) is 2.86. The standard InChI is InChI=1S/C28H36O6/c1-3-5-19-31-23-11-15-25(16-12-23)33-27(29)21-7-9-22(10-8-21)28(30)34-26-17-13-24(14-18-26)32-20-6-4-2/h11-18,21-22H,3-10,19-20H2,1-2H3. The first-order valence-electron chi connectivity index (χ1n) is 12.5. The van der Waals surface area contributed by atoms with Gasteiger partial charge in [-0.25, -0.2) is 0 Å². The Hall–Kier alpha value is -3.02. The lowest BCUT2D eigenvalue weighted by atomic mass is 9.82. The van der Waals surface area contributed by atoms with Crippen molar-refractivity contribution in [3.8, 4) is 23.0 Å². The summed E-state index contributed by atoms with van der Waals surface area (Å²) < 4.78 is 22.4. The van der Waals surface area contributed by atoms with E-state index in [2.05, 4.69) is 13.8 Å². The van der Waals surface area contributed by atoms with Crippen LogP contribution in [0.25, 0.3) is 0 Å². The highest BCUT2D eigenvalue weighted by molar-refractivity contribution is 5.77. The van der Waals surface area contributed by atoms with Gasteiger partial charge in [-0.05, 0) is 87.1 Å². The largest absolute Gasteiger partial charge is 0.494 e. The minimum atomic E-state index is -0.245. The minimum Gasteiger partial charge on any atom is -0.494 e. The van der Waals surface area contributed by atoms with E-state index in [1.165, 1.54) is 0 Å². The van der Waals surface area contributed by atoms with Gasteiger partial charge in [0.1, 0.15) is 23.0 Å². The molecule has 184 valence electrons. The number of rotatable bonds is 12. The molecule has 0 aliphatic heterocycles. The van der Waals surface area contributed by atoms with Gasteiger partial charge in [0.25, 0.3) is 0 Å². The molecule has 0 unspecified atom stereocenters. The van der Waals surface area contributed by atoms with Crippen molar-refractivity contribution in [2.75, 3.05) is 13.2 Å². The van der Waals surface area contributed by atoms with E-state index in [1.807, 2.05) is 24.3 Å². The van der Waals surface area contributed by atoms with E-state index in [0.717, 1.165) is 37.2 Å². The zero-order valence-corrected chi connectivity index (χ0v) is 20.3. The first kappa shape index (κ1) is 25.6. The summed E-state index contributed by atoms with van der Waals surface area (Å²) in [6, 6.07) is 14.3. The Morgan fingerprint density at radius 3 is 1.26 bits per heavy atom. The van der Waals surface area contributed by atoms with E-state index in [9.17, 15) is 9.59 Å². The normalized spacial score (nSPS) is 17.6. The summed E-state index contributed by atoms with van der Waals surface area (Å²) in [6.45, 7) is 5.60. The fourth-order valence-corrected chi connectivity index (χ4v) is 3.84. The summed E-state index contributed by atoms with van der Waals surface area (Å²) in [5.74, 6) is 1.66. The molecule has 34 heavy (non-hydrogen) atoms. The number of carbonyl (C=O) groups is 2. The highest BCUT2D eigenvalue weighted by Crippen LogP contribution is 2.32. The second kappa shape index (κ2) is 13.6. The van der Waals surface area contributed by atoms with Gasteiger partial charge in [-0.2, -0.15) is 0 Å². The molecule has 0 amide bonds. The van der Waals surface area contributed by atoms with Gasteiger partial charge in [0, 0.05) is 0 Å². The van der Waals surface area contributed by atoms with E-state index >= 15 is 0 Å². The van der Waals surface area contributed by atoms with E-state index in [-0.39, 0.29) is 23.8 Å². The van der Waals surface area contributed by atoms with Crippen molar-refractivity contribution >= 4 is 11.9 Å². The maximum atomic E-state index is 12.6. The van der Waals surface area contributed by atoms with Crippen molar-refractivity contribution in [3.05, 3.63) is 48.5 Å². The summed E-state index contributed by atoms with van der Waals surface area (Å²) in [7, 11) is 0. The van der Waals surface area contributed by atoms with Crippen LogP contribution < -0.4 is 18.9 Å². The molecule has 0 heterocycles. The molecule has 1 fully saturated rings. The molecule has 1 aliphatic rings. The molecule has 6 nitrogen and oxygen atoms in total. The number of unbranched alkanes of at least 4 members (excludes halogenated alkanes) is 2. The third-order valence-electron chi connectivity index (χ3n) is 6.01. The van der Waals surface area contributed by atoms with Crippen LogP contribution in [0.3, 0.4) is 0 Å². The Kier molecular flexibility index (Phi) is 10.3. The van der Waals surface area contributed by atoms with Crippen LogP contribution >= 0.6 is 0 Å². The molecule has 6 heteroatoms. The maximum absolute atomic E-state index is 12.6. The molecule has 0 saturated heterocycles. The third-order valence-corrected chi connectivity index (χ3v) is 6.01. The lowest BCUT2D eigenvalue weighted by molar-refractivity contribution is -0.145. The molecule has 2 aromatic carbocycles. The van der Waals surface area contributed by atoms with Gasteiger partial charge < -0.3 is 18.9 Å². The van der Waals surface area contributed by atoms with Gasteiger partial charge in [-0.1, -0.05) is 26.7 Å². The second-order valence-corrected chi connectivity index (χ2v) is 8.74. The summed E-state index contributed by atoms with van der Waals surface area (Å²) >= 11 is 0. The first-order valence-corrected chi connectivity index (χ1v) is 12.5. The average molecular weight is 469 g/mol. The number of esters is 2. The fourth-order valence-electron chi connectivity index (χ4n) is 3.84. The first-order chi connectivity index (χ1) is 16.6. The van der Waals surface area contributed by atoms with Gasteiger partial charge in [-0.3, -0.25) is 9.59 Å². The van der Waals surface area contributed by atoms with Crippen molar-refractivity contribution in [1.82, 2.24) is 0 Å². The van der Waals surface area contributed by atoms with Crippen LogP contribution in [0.2, 0.25) is 0 Å². The molecule has 0 bridgehead atoms. The van der Waals surface area contributed by atoms with Crippen LogP contribution in [0.15, 0.2) is 48.5 Å². The molecule has 1 aliphatic carbocycles. The Morgan fingerprint density at radius 1 is 0.618 bits per heavy atom. The third kappa shape index (κ3) is 8.08. The predicted molar refractivity (Wildman–Crippen MR) is 130 cm³/mol. The molecule has 0 spiro atoms. The molecule has 1 saturated carbocycles. The SMILES string of the molecule is CCCCOc1ccc(OC(=O)C2CCC(C(=O)Oc3ccc(OCCCC)cc3)CC2)cc1. The molecule has 0 radical (unpaired) electrons. The van der Waals surface area contributed by atoms with Gasteiger partial charge in [0.2, 0.25) is 0 Å². The highest BCUT2D eigenvalue weighted by Gasteiger charge is 2.32. The van der Waals surface area contributed by atoms with Crippen LogP contribution in [0.4, 0.5) is 0 Å². The molecular formula is C28H36O6. The van der Waals surface area contributed by atoms with Gasteiger partial charge >= 0.3 is 11.9 Å². The van der Waals surface area contributed by atoms with E-state index < -0.39 is 0 Å². The molecule has 0 atom stereocenters. The smallest absolute Gasteiger partial charge is 0.314 e. The number of hydrogen-bond donors (Lipinski definition) is 0. The monoisotopic (exact) mass is 468 g/mol. The summed E-state index contributed by atoms with van der Waals surface area (Å²) in [4.78, 5) is 25.2. The minimum absolute atomic E-state index is 0.205. The van der Waals surface area contributed by atoms with Crippen molar-refractivity contribution in [2.45, 2.75) is 65.2 Å². The van der Waals surface area contributed by atoms with Gasteiger partial charge in [0.15, 0.2) is 0 Å². The number of carbonyl (C=O) groups excluding carboxylic acids is 2. The molecule has 3 rings (SSSR count). The van der Waals surface area contributed by atoms with Crippen molar-refractivity contribution < 1.29 is 28.5 Å². The van der Waals surface area contributed by atoms with Gasteiger partial charge in [-0.15, -0.1) is 0 Å². The van der Waals surface area contributed by atoms with E-state index in [0.29, 0.717) is 50.4 Å². The van der Waals surface area contributed by atoms with Crippen LogP contribution in [0.5, 0.6) is 23.0 Å². The van der Waals surface area contributed by atoms with Crippen LogP contribution in [-0.4, -0.2) is 25.2 Å². The Labute approximate surface area is 202 Å². The quantitative estimate of drug-likeness (QED) is 0.205. The second-order valence-electron chi connectivity index (χ2n) is 8.74. The molecular weight excluding hydrogens is 432 g/mol. The number of hydrogen-bond acceptors (Lipinski definition) is 6. The summed E-state index contributed by atoms with van der Waals surface area (Å²) in [5, 5.41) is 0. The Morgan fingerprint density at radius 2 is 0.941 bits per heavy atom. The highest BCUT2D eigenvalue weighted by atomic mass is 16.5. The van der Waals surface area contributed by atoms with E-state index in [4.69, 9.17) is 18.9 Å². The van der Waals surface area contributed by atoms with Crippen LogP contribution in [0.1, 0.15) is 65.2 Å². The maximum Gasteiger partial charge on any atom is 0.314 e. The molecule has 2 aromatic rings. The lowest BCUT2D eigenvalue weighted by Gasteiger charge is -2.25. The fraction of sp³-hybridized carbons (Fsp3) is 0.500. The summed E-state index contributed by atoms with van der Waals surface area (Å²) in [5.41, 5.74) is 0. The Balaban J connectivity index is 1.40. The lowest BCUT2D eigenvalue weighted by Crippen LogP contribution is -2.30. The Bertz CT molecular complexity index is 807. The van der Waals surface area contributed by atoms with E-state index in [1.54, 1.807) is 24.3 Å². The van der Waals surface area contributed by atoms with Crippen molar-refractivity contribution in [1.29, 1.82) is 0 Å².